The molecule has 0 saturated carbocycles. The van der Waals surface area contributed by atoms with Gasteiger partial charge in [0.15, 0.2) is 0 Å². The number of hydrogen-bond acceptors (Lipinski definition) is 0. The quantitative estimate of drug-likeness (QED) is 0.345. The highest BCUT2D eigenvalue weighted by atomic mass is 31.1. The van der Waals surface area contributed by atoms with Crippen LogP contribution in [0.15, 0.2) is 0 Å². The molecule has 1 atom stereocenters. The van der Waals surface area contributed by atoms with Crippen molar-refractivity contribution >= 4 is 7.92 Å². The zero-order valence-corrected chi connectivity index (χ0v) is 11.4. The van der Waals surface area contributed by atoms with Gasteiger partial charge in [-0.05, 0) is 25.4 Å². The van der Waals surface area contributed by atoms with Crippen LogP contribution in [-0.4, -0.2) is 19.0 Å². The minimum absolute atomic E-state index is 0.391. The summed E-state index contributed by atoms with van der Waals surface area (Å²) in [5.74, 6) is 0. The Hall–Kier alpha value is 0.430. The summed E-state index contributed by atoms with van der Waals surface area (Å²) in [4.78, 5) is 0. The molecule has 0 rings (SSSR count). The molecule has 0 saturated heterocycles. The average molecular weight is 216 g/mol. The molecule has 1 heteroatoms. The van der Waals surface area contributed by atoms with Gasteiger partial charge in [0.05, 0.1) is 0 Å². The van der Waals surface area contributed by atoms with Crippen LogP contribution in [0.2, 0.25) is 0 Å². The van der Waals surface area contributed by atoms with Crippen molar-refractivity contribution in [2.45, 2.75) is 65.2 Å². The van der Waals surface area contributed by atoms with Crippen LogP contribution in [0.3, 0.4) is 0 Å². The monoisotopic (exact) mass is 216 g/mol. The van der Waals surface area contributed by atoms with Crippen LogP contribution in [0.1, 0.15) is 65.2 Å². The maximum Gasteiger partial charge on any atom is -0.0328 e. The molecule has 0 amide bonds. The molecule has 0 bridgehead atoms. The van der Waals surface area contributed by atoms with Gasteiger partial charge in [0.1, 0.15) is 0 Å². The molecule has 0 aliphatic carbocycles. The molecule has 0 fully saturated rings. The molecule has 0 heterocycles. The number of unbranched alkanes of at least 4 members (excludes halogenated alkanes) is 7. The molecule has 0 aliphatic heterocycles. The minimum atomic E-state index is 0.391. The Morgan fingerprint density at radius 1 is 0.714 bits per heavy atom. The van der Waals surface area contributed by atoms with Gasteiger partial charge >= 0.3 is 0 Å². The van der Waals surface area contributed by atoms with E-state index in [1.807, 2.05) is 0 Å². The van der Waals surface area contributed by atoms with Gasteiger partial charge in [-0.25, -0.2) is 0 Å². The fourth-order valence-electron chi connectivity index (χ4n) is 1.67. The molecule has 86 valence electrons. The third kappa shape index (κ3) is 10.5. The maximum absolute atomic E-state index is 2.44. The largest absolute Gasteiger partial charge is 0.110 e. The van der Waals surface area contributed by atoms with Crippen molar-refractivity contribution in [1.82, 2.24) is 0 Å². The lowest BCUT2D eigenvalue weighted by Gasteiger charge is -2.08. The van der Waals surface area contributed by atoms with Crippen LogP contribution in [-0.2, 0) is 0 Å². The molecule has 0 spiro atoms. The zero-order valence-electron chi connectivity index (χ0n) is 10.5. The van der Waals surface area contributed by atoms with Gasteiger partial charge < -0.3 is 0 Å². The summed E-state index contributed by atoms with van der Waals surface area (Å²) >= 11 is 0. The van der Waals surface area contributed by atoms with Crippen LogP contribution in [0, 0.1) is 0 Å². The Labute approximate surface area is 92.6 Å². The topological polar surface area (TPSA) is 0 Å². The van der Waals surface area contributed by atoms with Crippen LogP contribution >= 0.6 is 7.92 Å². The van der Waals surface area contributed by atoms with Crippen molar-refractivity contribution in [1.29, 1.82) is 0 Å². The summed E-state index contributed by atoms with van der Waals surface area (Å²) in [5.41, 5.74) is 0. The van der Waals surface area contributed by atoms with Crippen molar-refractivity contribution < 1.29 is 0 Å². The standard InChI is InChI=1S/C13H29P/c1-4-6-7-8-9-10-11-12-13-14(3)5-2/h4-13H2,1-3H3. The molecule has 0 aromatic rings. The molecule has 0 N–H and O–H groups in total. The first-order valence-electron chi connectivity index (χ1n) is 6.49. The third-order valence-electron chi connectivity index (χ3n) is 2.93. The SMILES string of the molecule is CCCCCCCCCCP(C)CC. The Balaban J connectivity index is 2.92. The number of rotatable bonds is 10. The van der Waals surface area contributed by atoms with Gasteiger partial charge in [-0.3, -0.25) is 0 Å². The molecular formula is C13H29P. The molecule has 14 heavy (non-hydrogen) atoms. The normalized spacial score (nSPS) is 13.1. The fourth-order valence-corrected chi connectivity index (χ4v) is 2.75. The van der Waals surface area contributed by atoms with Crippen molar-refractivity contribution in [2.24, 2.45) is 0 Å². The molecule has 0 nitrogen and oxygen atoms in total. The summed E-state index contributed by atoms with van der Waals surface area (Å²) in [6.07, 6.45) is 14.6. The second-order valence-corrected chi connectivity index (χ2v) is 7.16. The average Bonchev–Trinajstić information content (AvgIpc) is 2.21. The first-order chi connectivity index (χ1) is 6.81. The summed E-state index contributed by atoms with van der Waals surface area (Å²) in [6, 6.07) is 0. The highest BCUT2D eigenvalue weighted by molar-refractivity contribution is 7.56. The van der Waals surface area contributed by atoms with E-state index in [0.29, 0.717) is 7.92 Å². The van der Waals surface area contributed by atoms with Crippen LogP contribution < -0.4 is 0 Å². The van der Waals surface area contributed by atoms with E-state index in [4.69, 9.17) is 0 Å². The Morgan fingerprint density at radius 2 is 1.21 bits per heavy atom. The molecule has 0 aromatic heterocycles. The van der Waals surface area contributed by atoms with E-state index in [0.717, 1.165) is 0 Å². The van der Waals surface area contributed by atoms with E-state index in [1.165, 1.54) is 63.7 Å². The van der Waals surface area contributed by atoms with E-state index >= 15 is 0 Å². The summed E-state index contributed by atoms with van der Waals surface area (Å²) in [5, 5.41) is 0. The lowest BCUT2D eigenvalue weighted by molar-refractivity contribution is 0.586. The molecule has 1 unspecified atom stereocenters. The van der Waals surface area contributed by atoms with Crippen molar-refractivity contribution in [3.8, 4) is 0 Å². The van der Waals surface area contributed by atoms with Gasteiger partial charge in [-0.2, -0.15) is 0 Å². The molecule has 0 aliphatic rings. The van der Waals surface area contributed by atoms with Crippen LogP contribution in [0.25, 0.3) is 0 Å². The fraction of sp³-hybridized carbons (Fsp3) is 1.00. The summed E-state index contributed by atoms with van der Waals surface area (Å²) in [6.45, 7) is 7.06. The molecule has 0 aromatic carbocycles. The van der Waals surface area contributed by atoms with E-state index < -0.39 is 0 Å². The predicted octanol–water partition coefficient (Wildman–Crippen LogP) is 5.26. The van der Waals surface area contributed by atoms with Crippen molar-refractivity contribution in [3.63, 3.8) is 0 Å². The Bertz CT molecular complexity index is 101. The van der Waals surface area contributed by atoms with E-state index in [1.54, 1.807) is 0 Å². The highest BCUT2D eigenvalue weighted by Crippen LogP contribution is 2.30. The highest BCUT2D eigenvalue weighted by Gasteiger charge is 1.96. The summed E-state index contributed by atoms with van der Waals surface area (Å²) in [7, 11) is 0.391. The summed E-state index contributed by atoms with van der Waals surface area (Å²) < 4.78 is 0. The van der Waals surface area contributed by atoms with Gasteiger partial charge in [0.25, 0.3) is 0 Å². The van der Waals surface area contributed by atoms with Gasteiger partial charge in [-0.1, -0.05) is 58.8 Å². The lowest BCUT2D eigenvalue weighted by Crippen LogP contribution is -1.86. The van der Waals surface area contributed by atoms with Crippen molar-refractivity contribution in [2.75, 3.05) is 19.0 Å². The second-order valence-electron chi connectivity index (χ2n) is 4.37. The number of hydrogen-bond donors (Lipinski definition) is 0. The second kappa shape index (κ2) is 11.5. The molecule has 0 radical (unpaired) electrons. The van der Waals surface area contributed by atoms with E-state index in [-0.39, 0.29) is 0 Å². The van der Waals surface area contributed by atoms with E-state index in [2.05, 4.69) is 20.5 Å². The first-order valence-corrected chi connectivity index (χ1v) is 8.65. The third-order valence-corrected chi connectivity index (χ3v) is 5.09. The Morgan fingerprint density at radius 3 is 1.71 bits per heavy atom. The van der Waals surface area contributed by atoms with Gasteiger partial charge in [0, 0.05) is 0 Å². The van der Waals surface area contributed by atoms with E-state index in [9.17, 15) is 0 Å². The minimum Gasteiger partial charge on any atom is -0.110 e. The smallest absolute Gasteiger partial charge is 0.0328 e. The Kier molecular flexibility index (Phi) is 11.9. The predicted molar refractivity (Wildman–Crippen MR) is 70.9 cm³/mol. The van der Waals surface area contributed by atoms with Crippen molar-refractivity contribution in [3.05, 3.63) is 0 Å². The first kappa shape index (κ1) is 14.4. The van der Waals surface area contributed by atoms with Gasteiger partial charge in [-0.15, -0.1) is 7.92 Å². The molecular weight excluding hydrogens is 187 g/mol. The maximum atomic E-state index is 2.44. The lowest BCUT2D eigenvalue weighted by atomic mass is 10.1. The van der Waals surface area contributed by atoms with Crippen LogP contribution in [0.4, 0.5) is 0 Å². The van der Waals surface area contributed by atoms with Gasteiger partial charge in [0.2, 0.25) is 0 Å². The van der Waals surface area contributed by atoms with Crippen LogP contribution in [0.5, 0.6) is 0 Å². The zero-order chi connectivity index (χ0) is 10.6.